The van der Waals surface area contributed by atoms with Gasteiger partial charge in [0.15, 0.2) is 0 Å². The summed E-state index contributed by atoms with van der Waals surface area (Å²) in [5.74, 6) is -0.908. The van der Waals surface area contributed by atoms with Crippen LogP contribution in [0.25, 0.3) is 43.4 Å². The molecule has 4 atom stereocenters. The van der Waals surface area contributed by atoms with E-state index in [2.05, 4.69) is 46.2 Å². The second kappa shape index (κ2) is 22.3. The Labute approximate surface area is 432 Å². The lowest BCUT2D eigenvalue weighted by Crippen LogP contribution is -2.38. The van der Waals surface area contributed by atoms with Gasteiger partial charge in [0.25, 0.3) is 0 Å². The van der Waals surface area contributed by atoms with Gasteiger partial charge in [0, 0.05) is 46.8 Å². The molecule has 2 heterocycles. The van der Waals surface area contributed by atoms with Crippen LogP contribution < -0.4 is 9.47 Å². The third kappa shape index (κ3) is 10.6. The zero-order valence-electron chi connectivity index (χ0n) is 42.7. The van der Waals surface area contributed by atoms with E-state index in [0.29, 0.717) is 70.6 Å². The number of methoxy groups -OCH3 is 2. The number of aliphatic hydroxyl groups is 2. The summed E-state index contributed by atoms with van der Waals surface area (Å²) in [5, 5.41) is 31.3. The molecule has 2 N–H and O–H groups in total. The summed E-state index contributed by atoms with van der Waals surface area (Å²) >= 11 is 0. The highest BCUT2D eigenvalue weighted by Crippen LogP contribution is 2.51. The fraction of sp³-hybridized carbons (Fsp3) is 0.219. The largest absolute Gasteiger partial charge is 0.481 e. The molecule has 0 bridgehead atoms. The van der Waals surface area contributed by atoms with Crippen molar-refractivity contribution in [3.63, 3.8) is 0 Å². The molecule has 0 saturated carbocycles. The normalized spacial score (nSPS) is 14.1. The van der Waals surface area contributed by atoms with Gasteiger partial charge >= 0.3 is 0 Å². The minimum absolute atomic E-state index is 0.335. The van der Waals surface area contributed by atoms with Gasteiger partial charge in [-0.15, -0.1) is 0 Å². The molecule has 2 aromatic heterocycles. The van der Waals surface area contributed by atoms with E-state index >= 15 is 0 Å². The first kappa shape index (κ1) is 51.3. The molecule has 4 unspecified atom stereocenters. The quantitative estimate of drug-likeness (QED) is 0.0989. The summed E-state index contributed by atoms with van der Waals surface area (Å²) < 4.78 is 40.1. The topological polar surface area (TPSA) is 91.2 Å². The lowest BCUT2D eigenvalue weighted by molar-refractivity contribution is 0.00490. The van der Waals surface area contributed by atoms with Gasteiger partial charge in [-0.05, 0) is 133 Å². The van der Waals surface area contributed by atoms with Crippen molar-refractivity contribution in [2.24, 2.45) is 0 Å². The van der Waals surface area contributed by atoms with Gasteiger partial charge in [0.1, 0.15) is 22.8 Å². The van der Waals surface area contributed by atoms with Crippen LogP contribution in [0, 0.1) is 11.6 Å². The van der Waals surface area contributed by atoms with Crippen LogP contribution >= 0.6 is 0 Å². The number of pyridine rings is 2. The summed E-state index contributed by atoms with van der Waals surface area (Å²) in [6.45, 7) is 1.31. The minimum Gasteiger partial charge on any atom is -0.481 e. The van der Waals surface area contributed by atoms with Crippen LogP contribution in [0.5, 0.6) is 11.8 Å². The second-order valence-corrected chi connectivity index (χ2v) is 19.5. The molecule has 8 nitrogen and oxygen atoms in total. The summed E-state index contributed by atoms with van der Waals surface area (Å²) in [7, 11) is 11.2. The number of ether oxygens (including phenoxy) is 2. The van der Waals surface area contributed by atoms with E-state index in [0.717, 1.165) is 43.8 Å². The van der Waals surface area contributed by atoms with Gasteiger partial charge in [-0.3, -0.25) is 0 Å². The molecule has 10 aromatic rings. The van der Waals surface area contributed by atoms with Crippen LogP contribution in [-0.4, -0.2) is 85.5 Å². The smallest absolute Gasteiger partial charge is 0.217 e. The van der Waals surface area contributed by atoms with Crippen molar-refractivity contribution < 1.29 is 28.5 Å². The zero-order valence-corrected chi connectivity index (χ0v) is 42.7. The Morgan fingerprint density at radius 3 is 1.19 bits per heavy atom. The van der Waals surface area contributed by atoms with Crippen molar-refractivity contribution in [3.8, 4) is 11.8 Å². The lowest BCUT2D eigenvalue weighted by Gasteiger charge is -2.39. The van der Waals surface area contributed by atoms with Crippen LogP contribution in [-0.2, 0) is 11.2 Å². The monoisotopic (exact) mass is 988 g/mol. The van der Waals surface area contributed by atoms with Crippen molar-refractivity contribution in [1.82, 2.24) is 19.8 Å². The van der Waals surface area contributed by atoms with Crippen molar-refractivity contribution >= 4 is 43.4 Å². The second-order valence-electron chi connectivity index (χ2n) is 19.5. The van der Waals surface area contributed by atoms with E-state index in [1.54, 1.807) is 26.4 Å². The number of nitrogens with zero attached hydrogens (tertiary/aromatic N) is 4. The predicted octanol–water partition coefficient (Wildman–Crippen LogP) is 13.0. The predicted molar refractivity (Wildman–Crippen MR) is 295 cm³/mol. The van der Waals surface area contributed by atoms with Gasteiger partial charge < -0.3 is 29.5 Å². The highest BCUT2D eigenvalue weighted by atomic mass is 19.1. The summed E-state index contributed by atoms with van der Waals surface area (Å²) in [6.07, 6.45) is 0.913. The van der Waals surface area contributed by atoms with Gasteiger partial charge in [-0.2, -0.15) is 0 Å². The fourth-order valence-corrected chi connectivity index (χ4v) is 10.6. The fourth-order valence-electron chi connectivity index (χ4n) is 10.6. The molecule has 0 radical (unpaired) electrons. The molecule has 0 amide bonds. The van der Waals surface area contributed by atoms with Crippen molar-refractivity contribution in [3.05, 3.63) is 239 Å². The van der Waals surface area contributed by atoms with Crippen molar-refractivity contribution in [2.45, 2.75) is 35.9 Å². The molecule has 8 aromatic carbocycles. The Morgan fingerprint density at radius 2 is 0.811 bits per heavy atom. The van der Waals surface area contributed by atoms with Gasteiger partial charge in [0.2, 0.25) is 11.8 Å². The average Bonchev–Trinajstić information content (AvgIpc) is 3.42. The first-order valence-electron chi connectivity index (χ1n) is 24.9. The SMILES string of the molecule is COc1nc2ccc(F)cc2cc1C(c1ccccc1)C(O)(CCN(C)C)c1cccc2ccccc12.COc1nc2ccc(F)cc2cc1C(c1ccccc1)C(O)(CCN(C)C)c1cccc2ccccc12. The molecule has 10 rings (SSSR count). The number of fused-ring (bicyclic) bond motifs is 4. The Kier molecular flexibility index (Phi) is 15.4. The lowest BCUT2D eigenvalue weighted by atomic mass is 9.70. The van der Waals surface area contributed by atoms with Crippen molar-refractivity contribution in [2.75, 3.05) is 55.5 Å². The third-order valence-electron chi connectivity index (χ3n) is 14.2. The van der Waals surface area contributed by atoms with E-state index in [9.17, 15) is 19.0 Å². The number of hydrogen-bond donors (Lipinski definition) is 2. The van der Waals surface area contributed by atoms with E-state index in [4.69, 9.17) is 19.4 Å². The number of aromatic nitrogens is 2. The number of halogens is 2. The summed E-state index contributed by atoms with van der Waals surface area (Å²) in [4.78, 5) is 13.6. The molecular formula is C64H62F2N4O4. The Hall–Kier alpha value is -7.60. The summed E-state index contributed by atoms with van der Waals surface area (Å²) in [5.41, 5.74) is 3.55. The maximum atomic E-state index is 14.2. The van der Waals surface area contributed by atoms with E-state index in [1.807, 2.05) is 150 Å². The molecular weight excluding hydrogens is 927 g/mol. The van der Waals surface area contributed by atoms with Crippen LogP contribution in [0.15, 0.2) is 194 Å². The minimum atomic E-state index is -1.33. The Balaban J connectivity index is 0.000000182. The van der Waals surface area contributed by atoms with Gasteiger partial charge in [-0.25, -0.2) is 18.7 Å². The molecule has 0 saturated heterocycles. The third-order valence-corrected chi connectivity index (χ3v) is 14.2. The molecule has 376 valence electrons. The Bertz CT molecular complexity index is 3300. The zero-order chi connectivity index (χ0) is 52.0. The first-order valence-corrected chi connectivity index (χ1v) is 24.9. The highest BCUT2D eigenvalue weighted by Gasteiger charge is 2.45. The van der Waals surface area contributed by atoms with Crippen LogP contribution in [0.4, 0.5) is 8.78 Å². The number of benzene rings is 8. The molecule has 0 fully saturated rings. The molecule has 74 heavy (non-hydrogen) atoms. The Morgan fingerprint density at radius 1 is 0.446 bits per heavy atom. The maximum absolute atomic E-state index is 14.2. The van der Waals surface area contributed by atoms with Crippen LogP contribution in [0.1, 0.15) is 58.1 Å². The highest BCUT2D eigenvalue weighted by molar-refractivity contribution is 5.88. The standard InChI is InChI=1S/2C32H31FN2O2/c2*1-35(2)19-18-32(36,28-15-9-13-22-10-7-8-14-26(22)28)30(23-11-5-4-6-12-23)27-21-24-20-25(33)16-17-29(24)34-31(27)37-3/h2*4-17,20-21,30,36H,18-19H2,1-3H3. The molecule has 0 aliphatic rings. The van der Waals surface area contributed by atoms with Gasteiger partial charge in [-0.1, -0.05) is 146 Å². The molecule has 0 aliphatic carbocycles. The molecule has 10 heteroatoms. The van der Waals surface area contributed by atoms with Crippen molar-refractivity contribution in [1.29, 1.82) is 0 Å². The first-order chi connectivity index (χ1) is 35.8. The molecule has 0 aliphatic heterocycles. The number of rotatable bonds is 16. The van der Waals surface area contributed by atoms with E-state index in [1.165, 1.54) is 24.3 Å². The van der Waals surface area contributed by atoms with Crippen LogP contribution in [0.3, 0.4) is 0 Å². The van der Waals surface area contributed by atoms with E-state index < -0.39 is 23.0 Å². The summed E-state index contributed by atoms with van der Waals surface area (Å²) in [6, 6.07) is 61.1. The maximum Gasteiger partial charge on any atom is 0.217 e. The average molecular weight is 989 g/mol. The molecule has 0 spiro atoms. The number of hydrogen-bond acceptors (Lipinski definition) is 8. The van der Waals surface area contributed by atoms with Gasteiger partial charge in [0.05, 0.1) is 25.3 Å². The van der Waals surface area contributed by atoms with Crippen LogP contribution in [0.2, 0.25) is 0 Å². The van der Waals surface area contributed by atoms with E-state index in [-0.39, 0.29) is 11.6 Å².